The fraction of sp³-hybridized carbons (Fsp3) is 0.391. The normalized spacial score (nSPS) is 12.3. The quantitative estimate of drug-likeness (QED) is 0.497. The Kier molecular flexibility index (Phi) is 7.14. The van der Waals surface area contributed by atoms with Crippen LogP contribution in [0.2, 0.25) is 0 Å². The summed E-state index contributed by atoms with van der Waals surface area (Å²) in [5.74, 6) is 0.0114. The first kappa shape index (κ1) is 21.1. The Labute approximate surface area is 168 Å². The Morgan fingerprint density at radius 3 is 2.33 bits per heavy atom. The van der Waals surface area contributed by atoms with Crippen LogP contribution in [0.3, 0.4) is 0 Å². The van der Waals surface area contributed by atoms with E-state index in [1.807, 2.05) is 48.5 Å². The average Bonchev–Trinajstić information content (AvgIpc) is 2.60. The van der Waals surface area contributed by atoms with E-state index in [0.717, 1.165) is 18.5 Å². The third-order valence-electron chi connectivity index (χ3n) is 4.49. The molecule has 2 N–H and O–H groups in total. The van der Waals surface area contributed by atoms with Crippen molar-refractivity contribution in [2.45, 2.75) is 58.9 Å². The molecule has 0 amide bonds. The number of nitrogens with one attached hydrogen (secondary N) is 2. The molecular formula is C23H30N2OS. The van der Waals surface area contributed by atoms with Crippen LogP contribution in [-0.2, 0) is 5.41 Å². The summed E-state index contributed by atoms with van der Waals surface area (Å²) in [5, 5.41) is 7.02. The van der Waals surface area contributed by atoms with Crippen LogP contribution >= 0.6 is 12.2 Å². The van der Waals surface area contributed by atoms with Crippen LogP contribution in [0.5, 0.6) is 0 Å². The van der Waals surface area contributed by atoms with Crippen molar-refractivity contribution in [3.8, 4) is 0 Å². The number of rotatable bonds is 6. The monoisotopic (exact) mass is 382 g/mol. The first-order chi connectivity index (χ1) is 12.7. The van der Waals surface area contributed by atoms with Gasteiger partial charge in [0.05, 0.1) is 0 Å². The van der Waals surface area contributed by atoms with E-state index in [1.54, 1.807) is 0 Å². The van der Waals surface area contributed by atoms with E-state index in [1.165, 1.54) is 5.56 Å². The summed E-state index contributed by atoms with van der Waals surface area (Å²) in [6.45, 7) is 10.8. The van der Waals surface area contributed by atoms with Gasteiger partial charge in [0.2, 0.25) is 0 Å². The standard InChI is InChI=1S/C23H30N2OS/c1-6-8-16(2)24-22(27)25-20-10-7-9-18(15-20)21(26)17-11-13-19(14-12-17)23(3,4)5/h7,9-16H,6,8H2,1-5H3,(H2,24,25,27). The Bertz CT molecular complexity index is 791. The molecule has 27 heavy (non-hydrogen) atoms. The van der Waals surface area contributed by atoms with Gasteiger partial charge in [0.25, 0.3) is 0 Å². The second-order valence-electron chi connectivity index (χ2n) is 8.03. The fourth-order valence-corrected chi connectivity index (χ4v) is 3.24. The van der Waals surface area contributed by atoms with Crippen molar-refractivity contribution >= 4 is 28.8 Å². The minimum atomic E-state index is 0.0114. The Morgan fingerprint density at radius 1 is 1.07 bits per heavy atom. The highest BCUT2D eigenvalue weighted by Gasteiger charge is 2.15. The maximum atomic E-state index is 12.8. The molecule has 0 aromatic heterocycles. The maximum Gasteiger partial charge on any atom is 0.193 e. The number of ketones is 1. The lowest BCUT2D eigenvalue weighted by molar-refractivity contribution is 0.103. The Balaban J connectivity index is 2.10. The zero-order valence-corrected chi connectivity index (χ0v) is 17.7. The number of hydrogen-bond acceptors (Lipinski definition) is 2. The first-order valence-electron chi connectivity index (χ1n) is 9.53. The van der Waals surface area contributed by atoms with Crippen LogP contribution in [0.25, 0.3) is 0 Å². The van der Waals surface area contributed by atoms with E-state index < -0.39 is 0 Å². The van der Waals surface area contributed by atoms with Gasteiger partial charge < -0.3 is 10.6 Å². The molecule has 4 heteroatoms. The molecule has 144 valence electrons. The molecule has 0 aliphatic heterocycles. The molecule has 1 atom stereocenters. The van der Waals surface area contributed by atoms with E-state index in [2.05, 4.69) is 45.3 Å². The van der Waals surface area contributed by atoms with E-state index in [4.69, 9.17) is 12.2 Å². The zero-order valence-electron chi connectivity index (χ0n) is 16.9. The van der Waals surface area contributed by atoms with Crippen LogP contribution in [0.1, 0.15) is 68.9 Å². The van der Waals surface area contributed by atoms with Crippen LogP contribution < -0.4 is 10.6 Å². The van der Waals surface area contributed by atoms with Crippen molar-refractivity contribution < 1.29 is 4.79 Å². The minimum Gasteiger partial charge on any atom is -0.360 e. The molecule has 0 saturated carbocycles. The lowest BCUT2D eigenvalue weighted by atomic mass is 9.86. The second-order valence-corrected chi connectivity index (χ2v) is 8.43. The Hall–Kier alpha value is -2.20. The predicted molar refractivity (Wildman–Crippen MR) is 119 cm³/mol. The summed E-state index contributed by atoms with van der Waals surface area (Å²) in [6, 6.07) is 15.7. The molecule has 1 unspecified atom stereocenters. The molecule has 0 spiro atoms. The summed E-state index contributed by atoms with van der Waals surface area (Å²) < 4.78 is 0. The zero-order chi connectivity index (χ0) is 20.0. The number of thiocarbonyl (C=S) groups is 1. The van der Waals surface area contributed by atoms with Crippen LogP contribution in [0.15, 0.2) is 48.5 Å². The number of anilines is 1. The van der Waals surface area contributed by atoms with Gasteiger partial charge in [0, 0.05) is 22.9 Å². The lowest BCUT2D eigenvalue weighted by Gasteiger charge is -2.19. The van der Waals surface area contributed by atoms with Crippen molar-refractivity contribution in [2.75, 3.05) is 5.32 Å². The lowest BCUT2D eigenvalue weighted by Crippen LogP contribution is -2.35. The SMILES string of the molecule is CCCC(C)NC(=S)Nc1cccc(C(=O)c2ccc(C(C)(C)C)cc2)c1. The molecule has 2 aromatic carbocycles. The van der Waals surface area contributed by atoms with Crippen LogP contribution in [0.4, 0.5) is 5.69 Å². The Morgan fingerprint density at radius 2 is 1.74 bits per heavy atom. The largest absolute Gasteiger partial charge is 0.360 e. The highest BCUT2D eigenvalue weighted by atomic mass is 32.1. The first-order valence-corrected chi connectivity index (χ1v) is 9.94. The molecule has 0 radical (unpaired) electrons. The topological polar surface area (TPSA) is 41.1 Å². The molecule has 2 rings (SSSR count). The van der Waals surface area contributed by atoms with Gasteiger partial charge in [0.15, 0.2) is 10.9 Å². The average molecular weight is 383 g/mol. The minimum absolute atomic E-state index is 0.0114. The summed E-state index contributed by atoms with van der Waals surface area (Å²) in [5.41, 5.74) is 3.44. The third-order valence-corrected chi connectivity index (χ3v) is 4.71. The highest BCUT2D eigenvalue weighted by Crippen LogP contribution is 2.23. The molecule has 0 fully saturated rings. The summed E-state index contributed by atoms with van der Waals surface area (Å²) >= 11 is 5.37. The predicted octanol–water partition coefficient (Wildman–Crippen LogP) is 5.69. The summed E-state index contributed by atoms with van der Waals surface area (Å²) in [4.78, 5) is 12.8. The van der Waals surface area contributed by atoms with E-state index in [-0.39, 0.29) is 11.2 Å². The number of carbonyl (C=O) groups is 1. The van der Waals surface area contributed by atoms with Gasteiger partial charge in [-0.3, -0.25) is 4.79 Å². The van der Waals surface area contributed by atoms with Gasteiger partial charge in [0.1, 0.15) is 0 Å². The van der Waals surface area contributed by atoms with Crippen molar-refractivity contribution in [2.24, 2.45) is 0 Å². The van der Waals surface area contributed by atoms with Gasteiger partial charge in [-0.2, -0.15) is 0 Å². The second kappa shape index (κ2) is 9.14. The summed E-state index contributed by atoms with van der Waals surface area (Å²) in [7, 11) is 0. The van der Waals surface area contributed by atoms with Crippen molar-refractivity contribution in [3.63, 3.8) is 0 Å². The van der Waals surface area contributed by atoms with Crippen LogP contribution in [-0.4, -0.2) is 16.9 Å². The fourth-order valence-electron chi connectivity index (χ4n) is 2.92. The highest BCUT2D eigenvalue weighted by molar-refractivity contribution is 7.80. The van der Waals surface area contributed by atoms with E-state index in [0.29, 0.717) is 22.3 Å². The molecule has 0 aliphatic rings. The third kappa shape index (κ3) is 6.17. The molecule has 0 heterocycles. The van der Waals surface area contributed by atoms with Gasteiger partial charge in [-0.05, 0) is 48.7 Å². The molecule has 0 saturated heterocycles. The van der Waals surface area contributed by atoms with Crippen molar-refractivity contribution in [3.05, 3.63) is 65.2 Å². The van der Waals surface area contributed by atoms with E-state index >= 15 is 0 Å². The van der Waals surface area contributed by atoms with Gasteiger partial charge >= 0.3 is 0 Å². The van der Waals surface area contributed by atoms with Gasteiger partial charge in [-0.1, -0.05) is 70.5 Å². The molecular weight excluding hydrogens is 352 g/mol. The van der Waals surface area contributed by atoms with E-state index in [9.17, 15) is 4.79 Å². The van der Waals surface area contributed by atoms with Crippen molar-refractivity contribution in [1.29, 1.82) is 0 Å². The molecule has 2 aromatic rings. The summed E-state index contributed by atoms with van der Waals surface area (Å²) in [6.07, 6.45) is 2.17. The maximum absolute atomic E-state index is 12.8. The van der Waals surface area contributed by atoms with Crippen molar-refractivity contribution in [1.82, 2.24) is 5.32 Å². The molecule has 3 nitrogen and oxygen atoms in total. The molecule has 0 aliphatic carbocycles. The van der Waals surface area contributed by atoms with Gasteiger partial charge in [-0.25, -0.2) is 0 Å². The van der Waals surface area contributed by atoms with Crippen LogP contribution in [0, 0.1) is 0 Å². The van der Waals surface area contributed by atoms with Gasteiger partial charge in [-0.15, -0.1) is 0 Å². The number of carbonyl (C=O) groups excluding carboxylic acids is 1. The smallest absolute Gasteiger partial charge is 0.193 e. The number of hydrogen-bond donors (Lipinski definition) is 2. The molecule has 0 bridgehead atoms. The number of benzene rings is 2.